The fraction of sp³-hybridized carbons (Fsp3) is 0.0204. The molecule has 0 saturated heterocycles. The normalized spacial score (nSPS) is 12.5. The first-order valence-electron chi connectivity index (χ1n) is 18.2. The van der Waals surface area contributed by atoms with Crippen LogP contribution in [-0.2, 0) is 6.42 Å². The zero-order chi connectivity index (χ0) is 35.5. The predicted octanol–water partition coefficient (Wildman–Crippen LogP) is 13.8. The van der Waals surface area contributed by atoms with E-state index >= 15 is 0 Å². The van der Waals surface area contributed by atoms with E-state index in [4.69, 9.17) is 21.6 Å². The van der Waals surface area contributed by atoms with Gasteiger partial charge in [-0.2, -0.15) is 0 Å². The predicted molar refractivity (Wildman–Crippen MR) is 228 cm³/mol. The van der Waals surface area contributed by atoms with Crippen LogP contribution in [0.4, 0.5) is 0 Å². The van der Waals surface area contributed by atoms with Gasteiger partial charge in [0.05, 0.1) is 27.1 Å². The molecule has 0 atom stereocenters. The monoisotopic (exact) mass is 725 g/mol. The highest BCUT2D eigenvalue weighted by Crippen LogP contribution is 2.50. The molecule has 0 spiro atoms. The van der Waals surface area contributed by atoms with Crippen LogP contribution in [0, 0.1) is 0 Å². The van der Waals surface area contributed by atoms with Gasteiger partial charge in [-0.1, -0.05) is 139 Å². The summed E-state index contributed by atoms with van der Waals surface area (Å²) in [5.41, 5.74) is 11.0. The maximum Gasteiger partial charge on any atom is 0.176 e. The lowest BCUT2D eigenvalue weighted by atomic mass is 9.91. The van der Waals surface area contributed by atoms with Gasteiger partial charge in [0.2, 0.25) is 0 Å². The zero-order valence-electron chi connectivity index (χ0n) is 28.8. The third-order valence-corrected chi connectivity index (χ3v) is 12.7. The Bertz CT molecular complexity index is 3360. The van der Waals surface area contributed by atoms with Crippen LogP contribution in [0.15, 0.2) is 158 Å². The van der Waals surface area contributed by atoms with E-state index in [0.717, 1.165) is 33.5 Å². The van der Waals surface area contributed by atoms with Gasteiger partial charge >= 0.3 is 0 Å². The minimum Gasteiger partial charge on any atom is -0.290 e. The fourth-order valence-electron chi connectivity index (χ4n) is 8.92. The maximum absolute atomic E-state index is 7.35. The molecule has 3 nitrogen and oxygen atoms in total. The summed E-state index contributed by atoms with van der Waals surface area (Å²) in [5, 5.41) is 10.3. The van der Waals surface area contributed by atoms with Crippen molar-refractivity contribution in [3.05, 3.63) is 174 Å². The molecule has 12 rings (SSSR count). The average Bonchev–Trinajstić information content (AvgIpc) is 3.89. The number of halogens is 1. The molecule has 0 aliphatic heterocycles. The van der Waals surface area contributed by atoms with Crippen molar-refractivity contribution in [1.82, 2.24) is 14.5 Å². The van der Waals surface area contributed by atoms with Crippen molar-refractivity contribution in [1.29, 1.82) is 0 Å². The molecular weight excluding hydrogens is 698 g/mol. The van der Waals surface area contributed by atoms with Gasteiger partial charge in [-0.3, -0.25) is 4.57 Å². The van der Waals surface area contributed by atoms with E-state index < -0.39 is 0 Å². The van der Waals surface area contributed by atoms with E-state index in [1.54, 1.807) is 0 Å². The second kappa shape index (κ2) is 11.3. The summed E-state index contributed by atoms with van der Waals surface area (Å²) in [5.74, 6) is 0.653. The molecule has 8 aromatic carbocycles. The molecular formula is C49H28ClN3S. The van der Waals surface area contributed by atoms with Crippen LogP contribution in [-0.4, -0.2) is 14.5 Å². The molecule has 0 unspecified atom stereocenters. The number of para-hydroxylation sites is 1. The summed E-state index contributed by atoms with van der Waals surface area (Å²) < 4.78 is 4.78. The van der Waals surface area contributed by atoms with Crippen LogP contribution in [0.1, 0.15) is 11.3 Å². The van der Waals surface area contributed by atoms with Crippen molar-refractivity contribution in [2.24, 2.45) is 0 Å². The Labute approximate surface area is 319 Å². The number of rotatable bonds is 3. The van der Waals surface area contributed by atoms with Crippen LogP contribution >= 0.6 is 22.9 Å². The zero-order valence-corrected chi connectivity index (χ0v) is 30.4. The highest BCUT2D eigenvalue weighted by Gasteiger charge is 2.30. The van der Waals surface area contributed by atoms with Crippen LogP contribution in [0.2, 0.25) is 5.15 Å². The van der Waals surface area contributed by atoms with Gasteiger partial charge in [-0.25, -0.2) is 9.97 Å². The van der Waals surface area contributed by atoms with E-state index in [9.17, 15) is 0 Å². The van der Waals surface area contributed by atoms with Crippen LogP contribution in [0.25, 0.3) is 103 Å². The fourth-order valence-corrected chi connectivity index (χ4v) is 10.4. The number of thiophene rings is 1. The Morgan fingerprint density at radius 3 is 1.94 bits per heavy atom. The molecule has 0 fully saturated rings. The molecule has 54 heavy (non-hydrogen) atoms. The third-order valence-electron chi connectivity index (χ3n) is 11.3. The number of benzene rings is 8. The molecule has 252 valence electrons. The number of nitrogens with zero attached hydrogens (tertiary/aromatic N) is 3. The maximum atomic E-state index is 7.35. The SMILES string of the molecule is Clc1nc2c(nc1-n1c3ccccc3c3c4ccccc4c4c5cc6ccccc6cc5sc4c31)-c1cc(-c3ccccc3)cc(-c3ccccc3)c1C2. The molecule has 0 N–H and O–H groups in total. The number of fused-ring (bicyclic) bond motifs is 14. The minimum atomic E-state index is 0.405. The van der Waals surface area contributed by atoms with Crippen molar-refractivity contribution in [3.8, 4) is 39.3 Å². The summed E-state index contributed by atoms with van der Waals surface area (Å²) >= 11 is 9.21. The summed E-state index contributed by atoms with van der Waals surface area (Å²) in [7, 11) is 0. The second-order valence-electron chi connectivity index (χ2n) is 14.2. The second-order valence-corrected chi connectivity index (χ2v) is 15.6. The first-order valence-corrected chi connectivity index (χ1v) is 19.4. The lowest BCUT2D eigenvalue weighted by molar-refractivity contribution is 1.01. The molecule has 0 bridgehead atoms. The van der Waals surface area contributed by atoms with Crippen molar-refractivity contribution in [2.75, 3.05) is 0 Å². The Kier molecular flexibility index (Phi) is 6.33. The summed E-state index contributed by atoms with van der Waals surface area (Å²) in [6.07, 6.45) is 0.670. The Morgan fingerprint density at radius 2 is 1.17 bits per heavy atom. The van der Waals surface area contributed by atoms with Gasteiger partial charge in [0.1, 0.15) is 0 Å². The van der Waals surface area contributed by atoms with Gasteiger partial charge in [-0.15, -0.1) is 11.3 Å². The molecule has 11 aromatic rings. The molecule has 1 aliphatic rings. The molecule has 0 amide bonds. The van der Waals surface area contributed by atoms with Crippen molar-refractivity contribution < 1.29 is 0 Å². The van der Waals surface area contributed by atoms with E-state index in [-0.39, 0.29) is 0 Å². The smallest absolute Gasteiger partial charge is 0.176 e. The molecule has 3 heterocycles. The van der Waals surface area contributed by atoms with E-state index in [1.165, 1.54) is 74.7 Å². The summed E-state index contributed by atoms with van der Waals surface area (Å²) in [6.45, 7) is 0. The topological polar surface area (TPSA) is 30.7 Å². The van der Waals surface area contributed by atoms with Crippen LogP contribution in [0.3, 0.4) is 0 Å². The number of hydrogen-bond donors (Lipinski definition) is 0. The lowest BCUT2D eigenvalue weighted by Crippen LogP contribution is -2.03. The molecule has 5 heteroatoms. The van der Waals surface area contributed by atoms with Gasteiger partial charge in [-0.05, 0) is 79.7 Å². The molecule has 0 radical (unpaired) electrons. The van der Waals surface area contributed by atoms with Gasteiger partial charge in [0.25, 0.3) is 0 Å². The molecule has 1 aliphatic carbocycles. The Balaban J connectivity index is 1.20. The Morgan fingerprint density at radius 1 is 0.537 bits per heavy atom. The van der Waals surface area contributed by atoms with Crippen molar-refractivity contribution in [2.45, 2.75) is 6.42 Å². The standard InChI is InChI=1S/C49H28ClN3S/c50-48-49(52-45-38-25-32(28-13-3-1-4-14-28)24-36(29-15-5-2-6-16-29)37(38)27-40(45)51-48)53-41-22-12-11-21-35(41)43-33-19-9-10-20-34(33)44-39-23-30-17-7-8-18-31(30)26-42(39)54-47(44)46(43)53/h1-26H,27H2. The largest absolute Gasteiger partial charge is 0.290 e. The quantitative estimate of drug-likeness (QED) is 0.182. The molecule has 0 saturated carbocycles. The summed E-state index contributed by atoms with van der Waals surface area (Å²) in [4.78, 5) is 10.7. The summed E-state index contributed by atoms with van der Waals surface area (Å²) in [6, 6.07) is 56.7. The van der Waals surface area contributed by atoms with E-state index in [2.05, 4.69) is 162 Å². The number of aromatic nitrogens is 3. The number of hydrogen-bond acceptors (Lipinski definition) is 3. The van der Waals surface area contributed by atoms with Crippen molar-refractivity contribution in [3.63, 3.8) is 0 Å². The van der Waals surface area contributed by atoms with Gasteiger partial charge in [0, 0.05) is 38.2 Å². The van der Waals surface area contributed by atoms with E-state index in [1.807, 2.05) is 11.3 Å². The van der Waals surface area contributed by atoms with Crippen LogP contribution in [0.5, 0.6) is 0 Å². The van der Waals surface area contributed by atoms with Gasteiger partial charge < -0.3 is 0 Å². The van der Waals surface area contributed by atoms with Gasteiger partial charge in [0.15, 0.2) is 11.0 Å². The lowest BCUT2D eigenvalue weighted by Gasteiger charge is -2.14. The average molecular weight is 726 g/mol. The third kappa shape index (κ3) is 4.24. The minimum absolute atomic E-state index is 0.405. The van der Waals surface area contributed by atoms with Crippen molar-refractivity contribution >= 4 is 86.5 Å². The first-order chi connectivity index (χ1) is 26.7. The highest BCUT2D eigenvalue weighted by atomic mass is 35.5. The first kappa shape index (κ1) is 30.2. The highest BCUT2D eigenvalue weighted by molar-refractivity contribution is 7.27. The van der Waals surface area contributed by atoms with E-state index in [0.29, 0.717) is 17.4 Å². The molecule has 3 aromatic heterocycles. The Hall–Kier alpha value is -6.33. The van der Waals surface area contributed by atoms with Crippen LogP contribution < -0.4 is 0 Å².